The fraction of sp³-hybridized carbons (Fsp3) is 0.160. The van der Waals surface area contributed by atoms with E-state index in [1.165, 1.54) is 23.0 Å². The Kier molecular flexibility index (Phi) is 6.28. The Bertz CT molecular complexity index is 1370. The van der Waals surface area contributed by atoms with Gasteiger partial charge in [0.15, 0.2) is 5.13 Å². The summed E-state index contributed by atoms with van der Waals surface area (Å²) in [6, 6.07) is 12.0. The molecule has 33 heavy (non-hydrogen) atoms. The molecule has 2 aromatic carbocycles. The number of thiazole rings is 1. The number of nitrogens with zero attached hydrogens (tertiary/aromatic N) is 1. The van der Waals surface area contributed by atoms with Crippen LogP contribution in [0.15, 0.2) is 58.5 Å². The second kappa shape index (κ2) is 9.30. The molecule has 0 aliphatic rings. The second-order valence-corrected chi connectivity index (χ2v) is 8.53. The van der Waals surface area contributed by atoms with E-state index >= 15 is 0 Å². The highest BCUT2D eigenvalue weighted by Crippen LogP contribution is 2.37. The van der Waals surface area contributed by atoms with Gasteiger partial charge < -0.3 is 14.9 Å². The predicted octanol–water partition coefficient (Wildman–Crippen LogP) is 4.94. The lowest BCUT2D eigenvalue weighted by Crippen LogP contribution is -2.14. The number of hydrogen-bond acceptors (Lipinski definition) is 6. The lowest BCUT2D eigenvalue weighted by atomic mass is 9.99. The summed E-state index contributed by atoms with van der Waals surface area (Å²) in [6.07, 6.45) is 3.26. The molecule has 0 fully saturated rings. The highest BCUT2D eigenvalue weighted by atomic mass is 32.1. The monoisotopic (exact) mass is 461 g/mol. The Morgan fingerprint density at radius 2 is 2.00 bits per heavy atom. The minimum Gasteiger partial charge on any atom is -0.496 e. The molecule has 0 saturated heterocycles. The van der Waals surface area contributed by atoms with E-state index in [1.807, 2.05) is 26.0 Å². The molecule has 2 aromatic heterocycles. The van der Waals surface area contributed by atoms with Crippen molar-refractivity contribution in [3.63, 3.8) is 0 Å². The Labute approximate surface area is 194 Å². The number of anilines is 1. The molecule has 4 aromatic rings. The molecule has 0 aliphatic heterocycles. The number of primary amides is 1. The topological polar surface area (TPSA) is 107 Å². The molecule has 2 amide bonds. The van der Waals surface area contributed by atoms with Crippen LogP contribution in [-0.2, 0) is 16.0 Å². The van der Waals surface area contributed by atoms with Crippen molar-refractivity contribution in [2.75, 3.05) is 12.4 Å². The van der Waals surface area contributed by atoms with Gasteiger partial charge in [0, 0.05) is 34.0 Å². The number of aryl methyl sites for hydroxylation is 1. The minimum atomic E-state index is -0.472. The number of benzene rings is 2. The smallest absolute Gasteiger partial charge is 0.250 e. The van der Waals surface area contributed by atoms with Crippen LogP contribution in [0.4, 0.5) is 5.13 Å². The standard InChI is InChI=1S/C25H23N3O4S/c1-14-4-6-16(7-5-14)20-12-32-22-11-21(31-3)18(10-19(20)22)15(2)8-24(30)28-25-27-17(13-33-25)9-23(26)29/h4-8,10-13H,9H2,1-3H3,(H2,26,29)(H,27,28,30)/b15-8+. The van der Waals surface area contributed by atoms with Gasteiger partial charge in [0.05, 0.1) is 25.5 Å². The lowest BCUT2D eigenvalue weighted by molar-refractivity contribution is -0.117. The van der Waals surface area contributed by atoms with E-state index in [0.29, 0.717) is 22.2 Å². The molecule has 0 radical (unpaired) electrons. The number of ether oxygens (including phenoxy) is 1. The van der Waals surface area contributed by atoms with Crippen molar-refractivity contribution in [3.8, 4) is 16.9 Å². The fourth-order valence-corrected chi connectivity index (χ4v) is 4.24. The van der Waals surface area contributed by atoms with E-state index < -0.39 is 5.91 Å². The highest BCUT2D eigenvalue weighted by Gasteiger charge is 2.15. The van der Waals surface area contributed by atoms with Crippen molar-refractivity contribution in [1.82, 2.24) is 4.98 Å². The third-order valence-electron chi connectivity index (χ3n) is 5.17. The van der Waals surface area contributed by atoms with Crippen LogP contribution in [-0.4, -0.2) is 23.9 Å². The number of hydrogen-bond donors (Lipinski definition) is 2. The lowest BCUT2D eigenvalue weighted by Gasteiger charge is -2.10. The maximum atomic E-state index is 12.6. The number of methoxy groups -OCH3 is 1. The average molecular weight is 462 g/mol. The number of rotatable bonds is 7. The first-order chi connectivity index (χ1) is 15.8. The van der Waals surface area contributed by atoms with Gasteiger partial charge >= 0.3 is 0 Å². The first kappa shape index (κ1) is 22.3. The molecule has 0 atom stereocenters. The normalized spacial score (nSPS) is 11.5. The van der Waals surface area contributed by atoms with E-state index in [4.69, 9.17) is 14.9 Å². The van der Waals surface area contributed by atoms with Gasteiger partial charge in [-0.15, -0.1) is 11.3 Å². The summed E-state index contributed by atoms with van der Waals surface area (Å²) in [5, 5.41) is 5.75. The first-order valence-electron chi connectivity index (χ1n) is 10.2. The van der Waals surface area contributed by atoms with E-state index in [2.05, 4.69) is 34.6 Å². The molecule has 0 spiro atoms. The largest absolute Gasteiger partial charge is 0.496 e. The van der Waals surface area contributed by atoms with E-state index in [0.717, 1.165) is 27.6 Å². The van der Waals surface area contributed by atoms with Crippen LogP contribution in [0, 0.1) is 6.92 Å². The Balaban J connectivity index is 1.64. The molecule has 7 nitrogen and oxygen atoms in total. The van der Waals surface area contributed by atoms with Gasteiger partial charge in [-0.1, -0.05) is 29.8 Å². The average Bonchev–Trinajstić information content (AvgIpc) is 3.39. The van der Waals surface area contributed by atoms with Gasteiger partial charge in [0.2, 0.25) is 11.8 Å². The number of nitrogens with one attached hydrogen (secondary N) is 1. The molecule has 2 heterocycles. The second-order valence-electron chi connectivity index (χ2n) is 7.67. The summed E-state index contributed by atoms with van der Waals surface area (Å²) in [6.45, 7) is 3.89. The van der Waals surface area contributed by atoms with Crippen LogP contribution in [0.3, 0.4) is 0 Å². The van der Waals surface area contributed by atoms with Crippen LogP contribution in [0.25, 0.3) is 27.7 Å². The Morgan fingerprint density at radius 1 is 1.24 bits per heavy atom. The maximum absolute atomic E-state index is 12.6. The summed E-state index contributed by atoms with van der Waals surface area (Å²) in [7, 11) is 1.58. The van der Waals surface area contributed by atoms with Crippen molar-refractivity contribution < 1.29 is 18.7 Å². The molecule has 8 heteroatoms. The van der Waals surface area contributed by atoms with Crippen LogP contribution in [0.5, 0.6) is 5.75 Å². The minimum absolute atomic E-state index is 0.0342. The molecule has 168 valence electrons. The van der Waals surface area contributed by atoms with Crippen LogP contribution < -0.4 is 15.8 Å². The number of fused-ring (bicyclic) bond motifs is 1. The van der Waals surface area contributed by atoms with Crippen molar-refractivity contribution >= 4 is 44.8 Å². The third-order valence-corrected chi connectivity index (χ3v) is 5.97. The molecule has 0 aliphatic carbocycles. The Morgan fingerprint density at radius 3 is 2.70 bits per heavy atom. The van der Waals surface area contributed by atoms with Crippen molar-refractivity contribution in [1.29, 1.82) is 0 Å². The molecule has 0 bridgehead atoms. The number of furan rings is 1. The predicted molar refractivity (Wildman–Crippen MR) is 130 cm³/mol. The van der Waals surface area contributed by atoms with Gasteiger partial charge in [-0.05, 0) is 31.1 Å². The van der Waals surface area contributed by atoms with E-state index in [9.17, 15) is 9.59 Å². The van der Waals surface area contributed by atoms with Gasteiger partial charge in [-0.25, -0.2) is 4.98 Å². The first-order valence-corrected chi connectivity index (χ1v) is 11.1. The highest BCUT2D eigenvalue weighted by molar-refractivity contribution is 7.14. The van der Waals surface area contributed by atoms with Gasteiger partial charge in [-0.3, -0.25) is 14.9 Å². The summed E-state index contributed by atoms with van der Waals surface area (Å²) >= 11 is 1.24. The van der Waals surface area contributed by atoms with E-state index in [-0.39, 0.29) is 12.3 Å². The van der Waals surface area contributed by atoms with Gasteiger partial charge in [-0.2, -0.15) is 0 Å². The SMILES string of the molecule is COc1cc2occ(-c3ccc(C)cc3)c2cc1/C(C)=C/C(=O)Nc1nc(CC(N)=O)cs1. The number of carbonyl (C=O) groups is 2. The van der Waals surface area contributed by atoms with Crippen molar-refractivity contribution in [3.05, 3.63) is 70.9 Å². The summed E-state index contributed by atoms with van der Waals surface area (Å²) in [5.41, 5.74) is 11.1. The zero-order valence-corrected chi connectivity index (χ0v) is 19.3. The Hall–Kier alpha value is -3.91. The van der Waals surface area contributed by atoms with Gasteiger partial charge in [0.1, 0.15) is 11.3 Å². The zero-order valence-electron chi connectivity index (χ0n) is 18.5. The summed E-state index contributed by atoms with van der Waals surface area (Å²) in [5.74, 6) is -0.201. The summed E-state index contributed by atoms with van der Waals surface area (Å²) < 4.78 is 11.3. The van der Waals surface area contributed by atoms with E-state index in [1.54, 1.807) is 18.8 Å². The molecular formula is C25H23N3O4S. The molecule has 3 N–H and O–H groups in total. The number of nitrogens with two attached hydrogens (primary N) is 1. The van der Waals surface area contributed by atoms with Crippen LogP contribution >= 0.6 is 11.3 Å². The maximum Gasteiger partial charge on any atom is 0.250 e. The number of carbonyl (C=O) groups excluding carboxylic acids is 2. The van der Waals surface area contributed by atoms with Crippen LogP contribution in [0.2, 0.25) is 0 Å². The van der Waals surface area contributed by atoms with Crippen LogP contribution in [0.1, 0.15) is 23.7 Å². The number of amides is 2. The van der Waals surface area contributed by atoms with Crippen molar-refractivity contribution in [2.45, 2.75) is 20.3 Å². The number of aromatic nitrogens is 1. The third kappa shape index (κ3) is 4.96. The van der Waals surface area contributed by atoms with Crippen molar-refractivity contribution in [2.24, 2.45) is 5.73 Å². The molecule has 4 rings (SSSR count). The fourth-order valence-electron chi connectivity index (χ4n) is 3.53. The van der Waals surface area contributed by atoms with Gasteiger partial charge in [0.25, 0.3) is 0 Å². The summed E-state index contributed by atoms with van der Waals surface area (Å²) in [4.78, 5) is 27.8. The zero-order chi connectivity index (χ0) is 23.5. The molecule has 0 unspecified atom stereocenters. The molecule has 0 saturated carbocycles. The quantitative estimate of drug-likeness (QED) is 0.379. The molecular weight excluding hydrogens is 438 g/mol. The number of allylic oxidation sites excluding steroid dienone is 1.